The minimum absolute atomic E-state index is 0.0244. The fraction of sp³-hybridized carbons (Fsp3) is 0.364. The lowest BCUT2D eigenvalue weighted by molar-refractivity contribution is -0.139. The highest BCUT2D eigenvalue weighted by molar-refractivity contribution is 7.92. The molecule has 180 valence electrons. The normalized spacial score (nSPS) is 12.2. The number of nitrogens with one attached hydrogen (secondary N) is 1. The lowest BCUT2D eigenvalue weighted by atomic mass is 10.1. The van der Waals surface area contributed by atoms with E-state index in [4.69, 9.17) is 34.8 Å². The van der Waals surface area contributed by atoms with Gasteiger partial charge in [0.1, 0.15) is 12.6 Å². The van der Waals surface area contributed by atoms with Crippen LogP contribution in [-0.4, -0.2) is 50.5 Å². The third-order valence-corrected chi connectivity index (χ3v) is 7.04. The van der Waals surface area contributed by atoms with E-state index in [9.17, 15) is 18.0 Å². The van der Waals surface area contributed by atoms with Crippen molar-refractivity contribution in [2.75, 3.05) is 23.7 Å². The van der Waals surface area contributed by atoms with Crippen molar-refractivity contribution in [3.8, 4) is 0 Å². The smallest absolute Gasteiger partial charge is 0.244 e. The molecule has 0 bridgehead atoms. The second-order valence-corrected chi connectivity index (χ2v) is 10.6. The molecule has 0 fully saturated rings. The summed E-state index contributed by atoms with van der Waals surface area (Å²) in [4.78, 5) is 27.4. The van der Waals surface area contributed by atoms with E-state index in [0.29, 0.717) is 22.2 Å². The molecule has 7 nitrogen and oxygen atoms in total. The van der Waals surface area contributed by atoms with Gasteiger partial charge in [-0.05, 0) is 43.2 Å². The molecule has 0 unspecified atom stereocenters. The number of sulfonamides is 1. The van der Waals surface area contributed by atoms with Crippen molar-refractivity contribution in [2.24, 2.45) is 0 Å². The van der Waals surface area contributed by atoms with Gasteiger partial charge in [-0.15, -0.1) is 0 Å². The zero-order valence-electron chi connectivity index (χ0n) is 18.5. The number of amides is 2. The van der Waals surface area contributed by atoms with Crippen LogP contribution in [0.2, 0.25) is 15.1 Å². The van der Waals surface area contributed by atoms with Crippen LogP contribution in [0.5, 0.6) is 0 Å². The number of halogens is 3. The lowest BCUT2D eigenvalue weighted by Gasteiger charge is -2.31. The fourth-order valence-corrected chi connectivity index (χ4v) is 4.53. The van der Waals surface area contributed by atoms with E-state index < -0.39 is 28.5 Å². The van der Waals surface area contributed by atoms with Crippen molar-refractivity contribution < 1.29 is 18.0 Å². The van der Waals surface area contributed by atoms with E-state index in [0.717, 1.165) is 17.0 Å². The third-order valence-electron chi connectivity index (χ3n) is 4.85. The van der Waals surface area contributed by atoms with Gasteiger partial charge >= 0.3 is 0 Å². The number of hydrogen-bond acceptors (Lipinski definition) is 4. The average Bonchev–Trinajstić information content (AvgIpc) is 2.75. The summed E-state index contributed by atoms with van der Waals surface area (Å²) in [5, 5.41) is 3.61. The van der Waals surface area contributed by atoms with Crippen LogP contribution < -0.4 is 9.62 Å². The van der Waals surface area contributed by atoms with Gasteiger partial charge in [0.05, 0.1) is 27.0 Å². The number of nitrogens with zero attached hydrogens (tertiary/aromatic N) is 2. The van der Waals surface area contributed by atoms with Crippen LogP contribution in [0, 0.1) is 0 Å². The van der Waals surface area contributed by atoms with Crippen LogP contribution >= 0.6 is 34.8 Å². The summed E-state index contributed by atoms with van der Waals surface area (Å²) in [7, 11) is -3.85. The van der Waals surface area contributed by atoms with Gasteiger partial charge in [-0.1, -0.05) is 59.9 Å². The number of benzene rings is 2. The quantitative estimate of drug-likeness (QED) is 0.491. The third kappa shape index (κ3) is 7.50. The molecular formula is C22H26Cl3N3O4S. The highest BCUT2D eigenvalue weighted by Crippen LogP contribution is 2.28. The van der Waals surface area contributed by atoms with Gasteiger partial charge in [0.25, 0.3) is 0 Å². The number of rotatable bonds is 10. The van der Waals surface area contributed by atoms with Crippen molar-refractivity contribution in [3.63, 3.8) is 0 Å². The van der Waals surface area contributed by atoms with Crippen LogP contribution in [0.1, 0.15) is 25.8 Å². The lowest BCUT2D eigenvalue weighted by Crippen LogP contribution is -2.51. The van der Waals surface area contributed by atoms with Gasteiger partial charge in [0.15, 0.2) is 0 Å². The van der Waals surface area contributed by atoms with Crippen LogP contribution in [0.4, 0.5) is 5.69 Å². The first-order valence-corrected chi connectivity index (χ1v) is 13.2. The SMILES string of the molecule is CCCNC(=O)[C@H](C)N(Cc1ccc(Cl)c(Cl)c1)C(=O)CN(c1ccccc1Cl)S(C)(=O)=O. The van der Waals surface area contributed by atoms with E-state index >= 15 is 0 Å². The maximum Gasteiger partial charge on any atom is 0.244 e. The molecule has 2 rings (SSSR count). The molecule has 33 heavy (non-hydrogen) atoms. The van der Waals surface area contributed by atoms with E-state index in [1.54, 1.807) is 37.3 Å². The van der Waals surface area contributed by atoms with Crippen molar-refractivity contribution in [3.05, 3.63) is 63.1 Å². The summed E-state index contributed by atoms with van der Waals surface area (Å²) >= 11 is 18.3. The van der Waals surface area contributed by atoms with Crippen molar-refractivity contribution in [2.45, 2.75) is 32.9 Å². The van der Waals surface area contributed by atoms with Crippen LogP contribution in [0.15, 0.2) is 42.5 Å². The minimum Gasteiger partial charge on any atom is -0.354 e. The van der Waals surface area contributed by atoms with Crippen molar-refractivity contribution in [1.82, 2.24) is 10.2 Å². The molecule has 0 aliphatic heterocycles. The molecule has 2 amide bonds. The van der Waals surface area contributed by atoms with Crippen molar-refractivity contribution in [1.29, 1.82) is 0 Å². The monoisotopic (exact) mass is 533 g/mol. The number of para-hydroxylation sites is 1. The summed E-state index contributed by atoms with van der Waals surface area (Å²) in [5.74, 6) is -0.931. The first-order chi connectivity index (χ1) is 15.5. The fourth-order valence-electron chi connectivity index (χ4n) is 3.06. The average molecular weight is 535 g/mol. The van der Waals surface area contributed by atoms with Gasteiger partial charge in [-0.25, -0.2) is 8.42 Å². The molecule has 0 aliphatic rings. The molecule has 0 aliphatic carbocycles. The molecule has 2 aromatic rings. The Morgan fingerprint density at radius 2 is 1.70 bits per heavy atom. The largest absolute Gasteiger partial charge is 0.354 e. The second-order valence-electron chi connectivity index (χ2n) is 7.46. The van der Waals surface area contributed by atoms with Crippen LogP contribution in [0.3, 0.4) is 0 Å². The first-order valence-electron chi connectivity index (χ1n) is 10.2. The molecule has 0 aromatic heterocycles. The van der Waals surface area contributed by atoms with E-state index in [-0.39, 0.29) is 23.2 Å². The Morgan fingerprint density at radius 3 is 2.27 bits per heavy atom. The molecule has 11 heteroatoms. The van der Waals surface area contributed by atoms with Gasteiger partial charge in [0.2, 0.25) is 21.8 Å². The van der Waals surface area contributed by atoms with Gasteiger partial charge in [0, 0.05) is 13.1 Å². The Kier molecular flexibility index (Phi) is 9.84. The number of carbonyl (C=O) groups excluding carboxylic acids is 2. The topological polar surface area (TPSA) is 86.8 Å². The molecule has 0 radical (unpaired) electrons. The van der Waals surface area contributed by atoms with Gasteiger partial charge in [-0.2, -0.15) is 0 Å². The summed E-state index contributed by atoms with van der Waals surface area (Å²) in [6.07, 6.45) is 1.72. The maximum atomic E-state index is 13.4. The van der Waals surface area contributed by atoms with E-state index in [1.165, 1.54) is 17.0 Å². The minimum atomic E-state index is -3.85. The predicted octanol–water partition coefficient (Wildman–Crippen LogP) is 4.36. The molecule has 0 saturated heterocycles. The molecule has 2 aromatic carbocycles. The first kappa shape index (κ1) is 27.2. The van der Waals surface area contributed by atoms with Gasteiger partial charge in [-0.3, -0.25) is 13.9 Å². The number of hydrogen-bond donors (Lipinski definition) is 1. The summed E-state index contributed by atoms with van der Waals surface area (Å²) in [6, 6.07) is 10.3. The molecule has 1 atom stereocenters. The molecular weight excluding hydrogens is 509 g/mol. The maximum absolute atomic E-state index is 13.4. The Labute approximate surface area is 209 Å². The molecule has 0 spiro atoms. The summed E-state index contributed by atoms with van der Waals surface area (Å²) in [6.45, 7) is 3.44. The summed E-state index contributed by atoms with van der Waals surface area (Å²) < 4.78 is 26.0. The molecule has 0 heterocycles. The highest BCUT2D eigenvalue weighted by atomic mass is 35.5. The molecule has 0 saturated carbocycles. The zero-order chi connectivity index (χ0) is 24.8. The summed E-state index contributed by atoms with van der Waals surface area (Å²) in [5.41, 5.74) is 0.809. The molecule has 1 N–H and O–H groups in total. The standard InChI is InChI=1S/C22H26Cl3N3O4S/c1-4-11-26-22(30)15(2)27(13-16-9-10-17(23)19(25)12-16)21(29)14-28(33(3,31)32)20-8-6-5-7-18(20)24/h5-10,12,15H,4,11,13-14H2,1-3H3,(H,26,30)/t15-/m0/s1. The van der Waals surface area contributed by atoms with Crippen molar-refractivity contribution >= 4 is 62.3 Å². The van der Waals surface area contributed by atoms with Gasteiger partial charge < -0.3 is 10.2 Å². The van der Waals surface area contributed by atoms with Crippen LogP contribution in [0.25, 0.3) is 0 Å². The highest BCUT2D eigenvalue weighted by Gasteiger charge is 2.30. The Hall–Kier alpha value is -2.00. The predicted molar refractivity (Wildman–Crippen MR) is 133 cm³/mol. The number of anilines is 1. The Morgan fingerprint density at radius 1 is 1.03 bits per heavy atom. The number of carbonyl (C=O) groups is 2. The second kappa shape index (κ2) is 11.9. The van der Waals surface area contributed by atoms with Crippen LogP contribution in [-0.2, 0) is 26.2 Å². The zero-order valence-corrected chi connectivity index (χ0v) is 21.6. The Bertz CT molecular complexity index is 1110. The Balaban J connectivity index is 2.40. The van der Waals surface area contributed by atoms with E-state index in [2.05, 4.69) is 5.32 Å². The van der Waals surface area contributed by atoms with E-state index in [1.807, 2.05) is 6.92 Å².